The van der Waals surface area contributed by atoms with Crippen molar-refractivity contribution in [2.45, 2.75) is 11.0 Å². The van der Waals surface area contributed by atoms with Gasteiger partial charge < -0.3 is 19.5 Å². The van der Waals surface area contributed by atoms with Crippen molar-refractivity contribution in [2.75, 3.05) is 39.2 Å². The van der Waals surface area contributed by atoms with E-state index in [0.29, 0.717) is 5.56 Å². The van der Waals surface area contributed by atoms with E-state index < -0.39 is 21.9 Å². The number of hydrogen-bond donors (Lipinski definition) is 1. The summed E-state index contributed by atoms with van der Waals surface area (Å²) >= 11 is 0. The van der Waals surface area contributed by atoms with Gasteiger partial charge in [-0.2, -0.15) is 0 Å². The number of morpholine rings is 1. The fraction of sp³-hybridized carbons (Fsp3) is 0.467. The van der Waals surface area contributed by atoms with Crippen molar-refractivity contribution in [3.8, 4) is 0 Å². The highest BCUT2D eigenvalue weighted by Gasteiger charge is 2.29. The summed E-state index contributed by atoms with van der Waals surface area (Å²) in [4.78, 5) is 24.9. The predicted molar refractivity (Wildman–Crippen MR) is 83.7 cm³/mol. The molecule has 1 fully saturated rings. The van der Waals surface area contributed by atoms with Crippen LogP contribution in [0.4, 0.5) is 0 Å². The first kappa shape index (κ1) is 18.4. The third-order valence-electron chi connectivity index (χ3n) is 3.65. The van der Waals surface area contributed by atoms with E-state index in [9.17, 15) is 18.0 Å². The first-order valence-corrected chi connectivity index (χ1v) is 8.96. The fourth-order valence-electron chi connectivity index (χ4n) is 2.28. The summed E-state index contributed by atoms with van der Waals surface area (Å²) in [6.07, 6.45) is -1.05. The molecule has 2 rings (SSSR count). The number of nitrogens with zero attached hydrogens (tertiary/aromatic N) is 1. The van der Waals surface area contributed by atoms with Crippen LogP contribution in [-0.4, -0.2) is 75.6 Å². The lowest BCUT2D eigenvalue weighted by Crippen LogP contribution is -2.48. The van der Waals surface area contributed by atoms with Gasteiger partial charge in [-0.05, 0) is 24.3 Å². The maximum atomic E-state index is 12.4. The molecule has 1 amide bonds. The molecule has 1 unspecified atom stereocenters. The summed E-state index contributed by atoms with van der Waals surface area (Å²) in [5.74, 6) is -1.61. The lowest BCUT2D eigenvalue weighted by molar-refractivity contribution is -0.154. The van der Waals surface area contributed by atoms with Crippen LogP contribution in [0.1, 0.15) is 10.4 Å². The van der Waals surface area contributed by atoms with Crippen LogP contribution in [0.15, 0.2) is 29.2 Å². The lowest BCUT2D eigenvalue weighted by atomic mass is 10.1. The number of rotatable bonds is 6. The molecule has 8 nitrogen and oxygen atoms in total. The van der Waals surface area contributed by atoms with Crippen LogP contribution in [0.5, 0.6) is 0 Å². The number of carboxylic acids is 1. The minimum absolute atomic E-state index is 0.0396. The molecule has 1 aromatic rings. The zero-order valence-corrected chi connectivity index (χ0v) is 14.0. The van der Waals surface area contributed by atoms with Crippen molar-refractivity contribution in [3.05, 3.63) is 29.8 Å². The summed E-state index contributed by atoms with van der Waals surface area (Å²) in [6, 6.07) is 5.58. The van der Waals surface area contributed by atoms with Crippen molar-refractivity contribution in [2.24, 2.45) is 0 Å². The van der Waals surface area contributed by atoms with Gasteiger partial charge in [0.2, 0.25) is 0 Å². The number of carboxylic acid groups (broad SMARTS) is 1. The molecule has 0 radical (unpaired) electrons. The summed E-state index contributed by atoms with van der Waals surface area (Å²) < 4.78 is 33.9. The summed E-state index contributed by atoms with van der Waals surface area (Å²) in [5, 5.41) is 8.97. The second kappa shape index (κ2) is 7.73. The van der Waals surface area contributed by atoms with E-state index in [4.69, 9.17) is 14.6 Å². The van der Waals surface area contributed by atoms with Crippen LogP contribution >= 0.6 is 0 Å². The molecule has 1 saturated heterocycles. The Labute approximate surface area is 139 Å². The van der Waals surface area contributed by atoms with Crippen molar-refractivity contribution in [3.63, 3.8) is 0 Å². The molecule has 0 aliphatic carbocycles. The highest BCUT2D eigenvalue weighted by Crippen LogP contribution is 2.15. The summed E-state index contributed by atoms with van der Waals surface area (Å²) in [6.45, 7) is 0.484. The maximum Gasteiger partial charge on any atom is 0.334 e. The van der Waals surface area contributed by atoms with E-state index >= 15 is 0 Å². The van der Waals surface area contributed by atoms with Gasteiger partial charge in [-0.1, -0.05) is 0 Å². The molecule has 1 aliphatic rings. The summed E-state index contributed by atoms with van der Waals surface area (Å²) in [7, 11) is -2.04. The van der Waals surface area contributed by atoms with E-state index in [2.05, 4.69) is 0 Å². The molecule has 24 heavy (non-hydrogen) atoms. The van der Waals surface area contributed by atoms with Gasteiger partial charge in [-0.15, -0.1) is 0 Å². The Morgan fingerprint density at radius 2 is 2.00 bits per heavy atom. The fourth-order valence-corrected chi connectivity index (χ4v) is 3.45. The zero-order chi connectivity index (χ0) is 17.7. The molecule has 0 saturated carbocycles. The van der Waals surface area contributed by atoms with Crippen LogP contribution in [0.25, 0.3) is 0 Å². The van der Waals surface area contributed by atoms with E-state index in [1.165, 1.54) is 36.3 Å². The topological polar surface area (TPSA) is 110 Å². The van der Waals surface area contributed by atoms with Gasteiger partial charge in [0, 0.05) is 19.2 Å². The lowest BCUT2D eigenvalue weighted by Gasteiger charge is -2.30. The molecular weight excluding hydrogens is 338 g/mol. The Hall–Kier alpha value is -1.97. The number of amides is 1. The smallest absolute Gasteiger partial charge is 0.334 e. The second-order valence-corrected chi connectivity index (χ2v) is 7.39. The number of benzene rings is 1. The quantitative estimate of drug-likeness (QED) is 0.765. The van der Waals surface area contributed by atoms with Crippen molar-refractivity contribution >= 4 is 21.7 Å². The van der Waals surface area contributed by atoms with Gasteiger partial charge in [0.15, 0.2) is 15.9 Å². The van der Waals surface area contributed by atoms with E-state index in [1.54, 1.807) is 0 Å². The van der Waals surface area contributed by atoms with Gasteiger partial charge in [-0.25, -0.2) is 13.2 Å². The van der Waals surface area contributed by atoms with E-state index in [0.717, 1.165) is 0 Å². The zero-order valence-electron chi connectivity index (χ0n) is 13.2. The van der Waals surface area contributed by atoms with E-state index in [-0.39, 0.29) is 42.9 Å². The van der Waals surface area contributed by atoms with Crippen molar-refractivity contribution in [1.82, 2.24) is 4.90 Å². The predicted octanol–water partition coefficient (Wildman–Crippen LogP) is 0.0323. The highest BCUT2D eigenvalue weighted by atomic mass is 32.2. The highest BCUT2D eigenvalue weighted by molar-refractivity contribution is 7.91. The Balaban J connectivity index is 2.10. The third-order valence-corrected chi connectivity index (χ3v) is 5.34. The molecule has 132 valence electrons. The van der Waals surface area contributed by atoms with Crippen molar-refractivity contribution < 1.29 is 32.6 Å². The molecule has 9 heteroatoms. The summed E-state index contributed by atoms with van der Waals surface area (Å²) in [5.41, 5.74) is 0.298. The number of methoxy groups -OCH3 is 1. The Kier molecular flexibility index (Phi) is 5.92. The van der Waals surface area contributed by atoms with Crippen LogP contribution in [0.3, 0.4) is 0 Å². The molecule has 1 heterocycles. The van der Waals surface area contributed by atoms with Crippen LogP contribution in [0.2, 0.25) is 0 Å². The molecule has 0 bridgehead atoms. The number of carbonyl (C=O) groups is 2. The van der Waals surface area contributed by atoms with Gasteiger partial charge in [0.25, 0.3) is 5.91 Å². The molecule has 1 N–H and O–H groups in total. The molecule has 1 aromatic carbocycles. The van der Waals surface area contributed by atoms with Gasteiger partial charge >= 0.3 is 5.97 Å². The molecule has 1 atom stereocenters. The largest absolute Gasteiger partial charge is 0.479 e. The minimum atomic E-state index is -3.46. The standard InChI is InChI=1S/C15H19NO7S/c1-22-8-9-24(20,21)12-4-2-11(3-5-12)14(17)16-6-7-23-13(10-16)15(18)19/h2-5,13H,6-10H2,1H3,(H,18,19). The van der Waals surface area contributed by atoms with Crippen LogP contribution in [-0.2, 0) is 24.1 Å². The number of carbonyl (C=O) groups excluding carboxylic acids is 1. The monoisotopic (exact) mass is 357 g/mol. The molecule has 0 aromatic heterocycles. The number of sulfone groups is 1. The van der Waals surface area contributed by atoms with Gasteiger partial charge in [0.05, 0.1) is 30.4 Å². The van der Waals surface area contributed by atoms with Gasteiger partial charge in [0.1, 0.15) is 0 Å². The average Bonchev–Trinajstić information content (AvgIpc) is 2.59. The third kappa shape index (κ3) is 4.31. The Morgan fingerprint density at radius 1 is 1.33 bits per heavy atom. The second-order valence-electron chi connectivity index (χ2n) is 5.28. The number of aliphatic carboxylic acids is 1. The van der Waals surface area contributed by atoms with Gasteiger partial charge in [-0.3, -0.25) is 4.79 Å². The van der Waals surface area contributed by atoms with Crippen LogP contribution in [0, 0.1) is 0 Å². The Morgan fingerprint density at radius 3 is 2.58 bits per heavy atom. The average molecular weight is 357 g/mol. The van der Waals surface area contributed by atoms with Crippen molar-refractivity contribution in [1.29, 1.82) is 0 Å². The molecular formula is C15H19NO7S. The normalized spacial score (nSPS) is 18.4. The Bertz CT molecular complexity index is 699. The SMILES string of the molecule is COCCS(=O)(=O)c1ccc(C(=O)N2CCOC(C(=O)O)C2)cc1. The molecule has 1 aliphatic heterocycles. The first-order chi connectivity index (χ1) is 11.3. The van der Waals surface area contributed by atoms with Crippen LogP contribution < -0.4 is 0 Å². The molecule has 0 spiro atoms. The number of ether oxygens (including phenoxy) is 2. The minimum Gasteiger partial charge on any atom is -0.479 e. The number of hydrogen-bond acceptors (Lipinski definition) is 6. The first-order valence-electron chi connectivity index (χ1n) is 7.30. The van der Waals surface area contributed by atoms with E-state index in [1.807, 2.05) is 0 Å². The maximum absolute atomic E-state index is 12.4.